The van der Waals surface area contributed by atoms with Gasteiger partial charge in [0.15, 0.2) is 11.5 Å². The van der Waals surface area contributed by atoms with Crippen molar-refractivity contribution in [3.05, 3.63) is 102 Å². The maximum Gasteiger partial charge on any atom is 0.272 e. The number of carbonyl (C=O) groups excluding carboxylic acids is 3. The Bertz CT molecular complexity index is 1780. The van der Waals surface area contributed by atoms with E-state index in [9.17, 15) is 14.4 Å². The number of carbonyl (C=O) groups is 3. The number of amides is 3. The van der Waals surface area contributed by atoms with Gasteiger partial charge in [0.2, 0.25) is 5.91 Å². The molecule has 0 saturated heterocycles. The fourth-order valence-electron chi connectivity index (χ4n) is 4.48. The summed E-state index contributed by atoms with van der Waals surface area (Å²) in [7, 11) is 7.56. The first-order valence-electron chi connectivity index (χ1n) is 14.7. The first-order valence-corrected chi connectivity index (χ1v) is 15.6. The second-order valence-corrected chi connectivity index (χ2v) is 11.5. The van der Waals surface area contributed by atoms with Gasteiger partial charge in [-0.15, -0.1) is 11.8 Å². The van der Waals surface area contributed by atoms with Crippen LogP contribution in [-0.2, 0) is 9.59 Å². The van der Waals surface area contributed by atoms with Gasteiger partial charge in [0.1, 0.15) is 22.9 Å². The summed E-state index contributed by atoms with van der Waals surface area (Å²) in [4.78, 5) is 40.5. The lowest BCUT2D eigenvalue weighted by Crippen LogP contribution is -2.30. The van der Waals surface area contributed by atoms with Gasteiger partial charge in [-0.3, -0.25) is 14.4 Å². The minimum atomic E-state index is -0.573. The number of rotatable bonds is 14. The van der Waals surface area contributed by atoms with Crippen LogP contribution in [0.5, 0.6) is 28.7 Å². The second kappa shape index (κ2) is 16.8. The molecule has 3 N–H and O–H groups in total. The van der Waals surface area contributed by atoms with Gasteiger partial charge in [0.05, 0.1) is 46.5 Å². The highest BCUT2D eigenvalue weighted by Gasteiger charge is 2.20. The van der Waals surface area contributed by atoms with Crippen LogP contribution >= 0.6 is 11.8 Å². The second-order valence-electron chi connectivity index (χ2n) is 10.1. The van der Waals surface area contributed by atoms with E-state index in [0.717, 1.165) is 4.90 Å². The minimum absolute atomic E-state index is 0.0360. The first-order chi connectivity index (χ1) is 23.2. The summed E-state index contributed by atoms with van der Waals surface area (Å²) in [6.07, 6.45) is 1.50. The Morgan fingerprint density at radius 3 is 1.96 bits per heavy atom. The molecule has 250 valence electrons. The van der Waals surface area contributed by atoms with Gasteiger partial charge in [0.25, 0.3) is 11.8 Å². The van der Waals surface area contributed by atoms with Crippen molar-refractivity contribution in [2.24, 2.45) is 0 Å². The van der Waals surface area contributed by atoms with Crippen molar-refractivity contribution >= 4 is 46.9 Å². The van der Waals surface area contributed by atoms with Crippen LogP contribution in [0, 0.1) is 0 Å². The average molecular weight is 672 g/mol. The number of hydrogen-bond donors (Lipinski definition) is 3. The van der Waals surface area contributed by atoms with Gasteiger partial charge in [-0.2, -0.15) is 0 Å². The first kappa shape index (κ1) is 35.2. The van der Waals surface area contributed by atoms with Crippen molar-refractivity contribution < 1.29 is 38.1 Å². The lowest BCUT2D eigenvalue weighted by molar-refractivity contribution is -0.115. The van der Waals surface area contributed by atoms with E-state index in [-0.39, 0.29) is 11.6 Å². The summed E-state index contributed by atoms with van der Waals surface area (Å²) in [6.45, 7) is 1.79. The number of methoxy groups -OCH3 is 5. The SMILES string of the molecule is COc1ccc(OC)c(NC(=O)C(C)Sc2ccc(NC(=O)/C(=C/c3cc(OC)c(OC)cc3OC)NC(=O)c3ccccc3)cc2)c1. The van der Waals surface area contributed by atoms with Crippen molar-refractivity contribution in [3.8, 4) is 28.7 Å². The molecule has 0 aliphatic carbocycles. The predicted octanol–water partition coefficient (Wildman–Crippen LogP) is 6.26. The van der Waals surface area contributed by atoms with Crippen LogP contribution in [0.25, 0.3) is 6.08 Å². The zero-order valence-corrected chi connectivity index (χ0v) is 28.2. The number of nitrogens with one attached hydrogen (secondary N) is 3. The Balaban J connectivity index is 1.52. The van der Waals surface area contributed by atoms with E-state index >= 15 is 0 Å². The Labute approximate surface area is 283 Å². The lowest BCUT2D eigenvalue weighted by Gasteiger charge is -2.16. The molecule has 4 aromatic rings. The van der Waals surface area contributed by atoms with Gasteiger partial charge >= 0.3 is 0 Å². The summed E-state index contributed by atoms with van der Waals surface area (Å²) in [6, 6.07) is 24.0. The Kier molecular flexibility index (Phi) is 12.3. The molecule has 12 heteroatoms. The molecule has 3 amide bonds. The van der Waals surface area contributed by atoms with Gasteiger partial charge in [0, 0.05) is 33.8 Å². The largest absolute Gasteiger partial charge is 0.497 e. The van der Waals surface area contributed by atoms with Crippen LogP contribution in [0.15, 0.2) is 95.5 Å². The molecule has 1 unspecified atom stereocenters. The average Bonchev–Trinajstić information content (AvgIpc) is 3.11. The molecule has 0 spiro atoms. The van der Waals surface area contributed by atoms with Crippen molar-refractivity contribution in [1.29, 1.82) is 0 Å². The van der Waals surface area contributed by atoms with Gasteiger partial charge in [-0.25, -0.2) is 0 Å². The molecule has 0 saturated carbocycles. The van der Waals surface area contributed by atoms with Gasteiger partial charge in [-0.1, -0.05) is 18.2 Å². The molecule has 11 nitrogen and oxygen atoms in total. The normalized spacial score (nSPS) is 11.5. The van der Waals surface area contributed by atoms with Crippen LogP contribution in [0.4, 0.5) is 11.4 Å². The predicted molar refractivity (Wildman–Crippen MR) is 187 cm³/mol. The maximum absolute atomic E-state index is 13.6. The lowest BCUT2D eigenvalue weighted by atomic mass is 10.1. The van der Waals surface area contributed by atoms with Crippen LogP contribution in [0.1, 0.15) is 22.8 Å². The van der Waals surface area contributed by atoms with Crippen LogP contribution in [0.3, 0.4) is 0 Å². The summed E-state index contributed by atoms with van der Waals surface area (Å²) in [5.74, 6) is 1.09. The fraction of sp³-hybridized carbons (Fsp3) is 0.194. The van der Waals surface area contributed by atoms with Crippen molar-refractivity contribution in [3.63, 3.8) is 0 Å². The molecule has 0 fully saturated rings. The molecule has 1 atom stereocenters. The van der Waals surface area contributed by atoms with Crippen LogP contribution in [0.2, 0.25) is 0 Å². The highest BCUT2D eigenvalue weighted by Crippen LogP contribution is 2.36. The van der Waals surface area contributed by atoms with E-state index in [2.05, 4.69) is 16.0 Å². The minimum Gasteiger partial charge on any atom is -0.497 e. The third kappa shape index (κ3) is 9.01. The van der Waals surface area contributed by atoms with Crippen LogP contribution in [-0.4, -0.2) is 58.5 Å². The number of hydrogen-bond acceptors (Lipinski definition) is 9. The van der Waals surface area contributed by atoms with E-state index in [4.69, 9.17) is 23.7 Å². The zero-order valence-electron chi connectivity index (χ0n) is 27.4. The smallest absolute Gasteiger partial charge is 0.272 e. The van der Waals surface area contributed by atoms with Gasteiger partial charge < -0.3 is 39.6 Å². The van der Waals surface area contributed by atoms with E-state index in [1.54, 1.807) is 99.0 Å². The zero-order chi connectivity index (χ0) is 34.6. The molecular formula is C36H37N3O8S. The van der Waals surface area contributed by atoms with E-state index in [0.29, 0.717) is 51.2 Å². The topological polar surface area (TPSA) is 133 Å². The van der Waals surface area contributed by atoms with E-state index in [1.807, 2.05) is 0 Å². The molecule has 4 aromatic carbocycles. The Hall–Kier alpha value is -5.62. The Morgan fingerprint density at radius 1 is 0.688 bits per heavy atom. The highest BCUT2D eigenvalue weighted by atomic mass is 32.2. The third-order valence-electron chi connectivity index (χ3n) is 7.02. The molecule has 0 aromatic heterocycles. The summed E-state index contributed by atoms with van der Waals surface area (Å²) >= 11 is 1.35. The highest BCUT2D eigenvalue weighted by molar-refractivity contribution is 8.00. The number of thioether (sulfide) groups is 1. The number of ether oxygens (including phenoxy) is 5. The molecule has 48 heavy (non-hydrogen) atoms. The number of benzene rings is 4. The van der Waals surface area contributed by atoms with E-state index in [1.165, 1.54) is 46.3 Å². The van der Waals surface area contributed by atoms with E-state index < -0.39 is 17.1 Å². The van der Waals surface area contributed by atoms with Gasteiger partial charge in [-0.05, 0) is 67.6 Å². The standard InChI is InChI=1S/C36H37N3O8S/c1-22(34(40)38-28-20-26(43-2)14-17-30(28)44-3)48-27-15-12-25(13-16-27)37-36(42)29(39-35(41)23-10-8-7-9-11-23)18-24-19-32(46-5)33(47-6)21-31(24)45-4/h7-22H,1-6H3,(H,37,42)(H,38,40)(H,39,41)/b29-18-. The quantitative estimate of drug-likeness (QED) is 0.105. The molecular weight excluding hydrogens is 634 g/mol. The summed E-state index contributed by atoms with van der Waals surface area (Å²) in [5, 5.41) is 7.99. The van der Waals surface area contributed by atoms with Crippen molar-refractivity contribution in [2.75, 3.05) is 46.2 Å². The summed E-state index contributed by atoms with van der Waals surface area (Å²) < 4.78 is 26.9. The third-order valence-corrected chi connectivity index (χ3v) is 8.14. The van der Waals surface area contributed by atoms with Crippen molar-refractivity contribution in [2.45, 2.75) is 17.1 Å². The molecule has 0 aliphatic heterocycles. The molecule has 4 rings (SSSR count). The maximum atomic E-state index is 13.6. The molecule has 0 radical (unpaired) electrons. The summed E-state index contributed by atoms with van der Waals surface area (Å²) in [5.41, 5.74) is 1.79. The van der Waals surface area contributed by atoms with Crippen molar-refractivity contribution in [1.82, 2.24) is 5.32 Å². The van der Waals surface area contributed by atoms with Crippen LogP contribution < -0.4 is 39.6 Å². The Morgan fingerprint density at radius 2 is 1.33 bits per heavy atom. The molecule has 0 heterocycles. The monoisotopic (exact) mass is 671 g/mol. The molecule has 0 bridgehead atoms. The fourth-order valence-corrected chi connectivity index (χ4v) is 5.35. The molecule has 0 aliphatic rings. The number of anilines is 2.